The van der Waals surface area contributed by atoms with Crippen LogP contribution in [0.15, 0.2) is 52.0 Å². The Kier molecular flexibility index (Phi) is 5.80. The first-order valence-electron chi connectivity index (χ1n) is 8.92. The Morgan fingerprint density at radius 1 is 1.11 bits per heavy atom. The molecule has 1 aromatic heterocycles. The summed E-state index contributed by atoms with van der Waals surface area (Å²) in [5.41, 5.74) is 3.01. The zero-order valence-corrected chi connectivity index (χ0v) is 17.5. The van der Waals surface area contributed by atoms with Gasteiger partial charge in [-0.1, -0.05) is 39.8 Å². The first-order valence-corrected chi connectivity index (χ1v) is 10.7. The quantitative estimate of drug-likeness (QED) is 0.597. The standard InChI is InChI=1S/C20H21BrN4OS/c1-26-18-7-6-15(21)12-14(18)13-27-20-19(25-10-8-22-9-11-25)23-16-4-2-3-5-17(16)24-20/h2-7,12,22H,8-11,13H2,1H3. The topological polar surface area (TPSA) is 50.3 Å². The molecular formula is C20H21BrN4OS. The Hall–Kier alpha value is -1.83. The number of aromatic nitrogens is 2. The monoisotopic (exact) mass is 444 g/mol. The summed E-state index contributed by atoms with van der Waals surface area (Å²) in [7, 11) is 1.71. The number of methoxy groups -OCH3 is 1. The Balaban J connectivity index is 1.68. The summed E-state index contributed by atoms with van der Waals surface area (Å²) in [6, 6.07) is 14.2. The molecule has 0 bridgehead atoms. The van der Waals surface area contributed by atoms with Crippen LogP contribution < -0.4 is 15.0 Å². The number of anilines is 1. The minimum atomic E-state index is 0.773. The maximum absolute atomic E-state index is 5.52. The predicted octanol–water partition coefficient (Wildman–Crippen LogP) is 4.10. The molecule has 5 nitrogen and oxygen atoms in total. The van der Waals surface area contributed by atoms with Gasteiger partial charge in [0, 0.05) is 42.0 Å². The van der Waals surface area contributed by atoms with Gasteiger partial charge in [0.25, 0.3) is 0 Å². The third-order valence-electron chi connectivity index (χ3n) is 4.54. The summed E-state index contributed by atoms with van der Waals surface area (Å²) in [6.07, 6.45) is 0. The van der Waals surface area contributed by atoms with Crippen molar-refractivity contribution in [2.24, 2.45) is 0 Å². The zero-order valence-electron chi connectivity index (χ0n) is 15.1. The average Bonchev–Trinajstić information content (AvgIpc) is 2.72. The zero-order chi connectivity index (χ0) is 18.6. The van der Waals surface area contributed by atoms with Gasteiger partial charge in [-0.15, -0.1) is 0 Å². The van der Waals surface area contributed by atoms with Crippen LogP contribution in [0.25, 0.3) is 11.0 Å². The largest absolute Gasteiger partial charge is 0.496 e. The Morgan fingerprint density at radius 2 is 1.85 bits per heavy atom. The van der Waals surface area contributed by atoms with Crippen LogP contribution in [0.2, 0.25) is 0 Å². The third-order valence-corrected chi connectivity index (χ3v) is 6.04. The summed E-state index contributed by atoms with van der Waals surface area (Å²) in [5.74, 6) is 2.65. The van der Waals surface area contributed by atoms with Crippen LogP contribution in [0.1, 0.15) is 5.56 Å². The first kappa shape index (κ1) is 18.5. The van der Waals surface area contributed by atoms with E-state index in [-0.39, 0.29) is 0 Å². The van der Waals surface area contributed by atoms with Gasteiger partial charge in [-0.3, -0.25) is 0 Å². The van der Waals surface area contributed by atoms with Crippen molar-refractivity contribution in [1.29, 1.82) is 0 Å². The van der Waals surface area contributed by atoms with Crippen LogP contribution in [0.4, 0.5) is 5.82 Å². The van der Waals surface area contributed by atoms with Gasteiger partial charge in [-0.05, 0) is 30.3 Å². The summed E-state index contributed by atoms with van der Waals surface area (Å²) < 4.78 is 6.56. The lowest BCUT2D eigenvalue weighted by molar-refractivity contribution is 0.411. The highest BCUT2D eigenvalue weighted by Crippen LogP contribution is 2.34. The molecule has 0 atom stereocenters. The van der Waals surface area contributed by atoms with Crippen LogP contribution in [-0.2, 0) is 5.75 Å². The van der Waals surface area contributed by atoms with Gasteiger partial charge in [0.2, 0.25) is 0 Å². The molecule has 0 aliphatic carbocycles. The number of nitrogens with zero attached hydrogens (tertiary/aromatic N) is 3. The Bertz CT molecular complexity index is 946. The van der Waals surface area contributed by atoms with Gasteiger partial charge < -0.3 is 15.0 Å². The molecule has 1 fully saturated rings. The number of para-hydroxylation sites is 2. The molecule has 4 rings (SSSR count). The van der Waals surface area contributed by atoms with Gasteiger partial charge in [0.05, 0.1) is 18.1 Å². The smallest absolute Gasteiger partial charge is 0.162 e. The molecule has 2 aromatic carbocycles. The lowest BCUT2D eigenvalue weighted by Gasteiger charge is -2.29. The molecule has 0 amide bonds. The fourth-order valence-corrected chi connectivity index (χ4v) is 4.55. The number of piperazine rings is 1. The van der Waals surface area contributed by atoms with Crippen molar-refractivity contribution in [2.45, 2.75) is 10.8 Å². The number of halogens is 1. The van der Waals surface area contributed by atoms with Gasteiger partial charge in [-0.25, -0.2) is 9.97 Å². The van der Waals surface area contributed by atoms with E-state index >= 15 is 0 Å². The molecule has 1 N–H and O–H groups in total. The molecule has 0 spiro atoms. The Labute approximate surface area is 171 Å². The van der Waals surface area contributed by atoms with E-state index in [2.05, 4.69) is 32.2 Å². The number of fused-ring (bicyclic) bond motifs is 1. The average molecular weight is 445 g/mol. The van der Waals surface area contributed by atoms with Crippen molar-refractivity contribution in [3.8, 4) is 5.75 Å². The van der Waals surface area contributed by atoms with Crippen molar-refractivity contribution in [2.75, 3.05) is 38.2 Å². The number of benzene rings is 2. The van der Waals surface area contributed by atoms with Crippen LogP contribution in [0, 0.1) is 0 Å². The fourth-order valence-electron chi connectivity index (χ4n) is 3.16. The molecule has 3 aromatic rings. The molecule has 1 aliphatic rings. The molecule has 7 heteroatoms. The molecule has 2 heterocycles. The fraction of sp³-hybridized carbons (Fsp3) is 0.300. The normalized spacial score (nSPS) is 14.5. The molecule has 1 aliphatic heterocycles. The van der Waals surface area contributed by atoms with Gasteiger partial charge >= 0.3 is 0 Å². The second-order valence-corrected chi connectivity index (χ2v) is 8.20. The minimum Gasteiger partial charge on any atom is -0.496 e. The van der Waals surface area contributed by atoms with E-state index in [9.17, 15) is 0 Å². The van der Waals surface area contributed by atoms with Gasteiger partial charge in [0.15, 0.2) is 5.82 Å². The number of nitrogens with one attached hydrogen (secondary N) is 1. The highest BCUT2D eigenvalue weighted by atomic mass is 79.9. The van der Waals surface area contributed by atoms with Crippen molar-refractivity contribution >= 4 is 44.5 Å². The molecule has 0 radical (unpaired) electrons. The molecule has 0 saturated carbocycles. The van der Waals surface area contributed by atoms with Crippen LogP contribution in [-0.4, -0.2) is 43.3 Å². The highest BCUT2D eigenvalue weighted by molar-refractivity contribution is 9.10. The van der Waals surface area contributed by atoms with E-state index in [4.69, 9.17) is 14.7 Å². The summed E-state index contributed by atoms with van der Waals surface area (Å²) in [6.45, 7) is 3.83. The number of ether oxygens (including phenoxy) is 1. The van der Waals surface area contributed by atoms with Crippen LogP contribution in [0.5, 0.6) is 5.75 Å². The van der Waals surface area contributed by atoms with E-state index in [1.807, 2.05) is 36.4 Å². The molecule has 0 unspecified atom stereocenters. The SMILES string of the molecule is COc1ccc(Br)cc1CSc1nc2ccccc2nc1N1CCNCC1. The molecular weight excluding hydrogens is 424 g/mol. The first-order chi connectivity index (χ1) is 13.2. The lowest BCUT2D eigenvalue weighted by atomic mass is 10.2. The van der Waals surface area contributed by atoms with E-state index in [0.717, 1.165) is 69.6 Å². The van der Waals surface area contributed by atoms with E-state index in [1.165, 1.54) is 0 Å². The number of hydrogen-bond donors (Lipinski definition) is 1. The van der Waals surface area contributed by atoms with Gasteiger partial charge in [-0.2, -0.15) is 0 Å². The Morgan fingerprint density at radius 3 is 2.59 bits per heavy atom. The van der Waals surface area contributed by atoms with E-state index in [1.54, 1.807) is 18.9 Å². The third kappa shape index (κ3) is 4.20. The summed E-state index contributed by atoms with van der Waals surface area (Å²) in [4.78, 5) is 12.2. The maximum atomic E-state index is 5.52. The van der Waals surface area contributed by atoms with E-state index in [0.29, 0.717) is 0 Å². The molecule has 27 heavy (non-hydrogen) atoms. The highest BCUT2D eigenvalue weighted by Gasteiger charge is 2.19. The number of thioether (sulfide) groups is 1. The second-order valence-electron chi connectivity index (χ2n) is 6.32. The van der Waals surface area contributed by atoms with Crippen molar-refractivity contribution < 1.29 is 4.74 Å². The number of hydrogen-bond acceptors (Lipinski definition) is 6. The molecule has 140 valence electrons. The minimum absolute atomic E-state index is 0.773. The van der Waals surface area contributed by atoms with Crippen LogP contribution in [0.3, 0.4) is 0 Å². The summed E-state index contributed by atoms with van der Waals surface area (Å²) in [5, 5.41) is 4.37. The van der Waals surface area contributed by atoms with Crippen molar-refractivity contribution in [3.63, 3.8) is 0 Å². The van der Waals surface area contributed by atoms with Crippen molar-refractivity contribution in [1.82, 2.24) is 15.3 Å². The predicted molar refractivity (Wildman–Crippen MR) is 115 cm³/mol. The van der Waals surface area contributed by atoms with E-state index < -0.39 is 0 Å². The maximum Gasteiger partial charge on any atom is 0.162 e. The van der Waals surface area contributed by atoms with Gasteiger partial charge in [0.1, 0.15) is 10.8 Å². The van der Waals surface area contributed by atoms with Crippen LogP contribution >= 0.6 is 27.7 Å². The second kappa shape index (κ2) is 8.46. The van der Waals surface area contributed by atoms with Crippen molar-refractivity contribution in [3.05, 3.63) is 52.5 Å². The lowest BCUT2D eigenvalue weighted by Crippen LogP contribution is -2.44. The summed E-state index contributed by atoms with van der Waals surface area (Å²) >= 11 is 5.26. The molecule has 1 saturated heterocycles. The number of rotatable bonds is 5.